The van der Waals surface area contributed by atoms with Gasteiger partial charge in [-0.15, -0.1) is 0 Å². The number of rotatable bonds is 10. The lowest BCUT2D eigenvalue weighted by Crippen LogP contribution is -2.36. The predicted molar refractivity (Wildman–Crippen MR) is 118 cm³/mol. The Kier molecular flexibility index (Phi) is 11.7. The molecule has 8 heteroatoms. The van der Waals surface area contributed by atoms with Crippen LogP contribution in [0.15, 0.2) is 24.3 Å². The van der Waals surface area contributed by atoms with E-state index in [1.807, 2.05) is 13.0 Å². The van der Waals surface area contributed by atoms with E-state index in [9.17, 15) is 19.2 Å². The topological polar surface area (TPSA) is 149 Å². The number of carbonyl (C=O) groups is 4. The first-order chi connectivity index (χ1) is 15.1. The zero-order valence-electron chi connectivity index (χ0n) is 18.9. The van der Waals surface area contributed by atoms with Crippen molar-refractivity contribution in [2.75, 3.05) is 0 Å². The Morgan fingerprint density at radius 3 is 1.84 bits per heavy atom. The first-order valence-electron chi connectivity index (χ1n) is 11.4. The lowest BCUT2D eigenvalue weighted by molar-refractivity contribution is -0.154. The SMILES string of the molecule is CCCCC1C=CC(C(=O)O)C(C(=O)O)C1.CCCCC1CC=CC(C(=O)O)C1C(=O)O. The lowest BCUT2D eigenvalue weighted by atomic mass is 9.74. The van der Waals surface area contributed by atoms with Crippen LogP contribution in [0.3, 0.4) is 0 Å². The van der Waals surface area contributed by atoms with Crippen LogP contribution in [0, 0.1) is 35.5 Å². The normalized spacial score (nSPS) is 28.9. The van der Waals surface area contributed by atoms with Crippen LogP contribution in [0.5, 0.6) is 0 Å². The molecule has 0 spiro atoms. The molecule has 0 aromatic carbocycles. The van der Waals surface area contributed by atoms with Gasteiger partial charge < -0.3 is 20.4 Å². The minimum absolute atomic E-state index is 0.0384. The third-order valence-corrected chi connectivity index (χ3v) is 6.29. The van der Waals surface area contributed by atoms with E-state index in [0.29, 0.717) is 12.8 Å². The van der Waals surface area contributed by atoms with Crippen LogP contribution in [0.25, 0.3) is 0 Å². The summed E-state index contributed by atoms with van der Waals surface area (Å²) < 4.78 is 0. The summed E-state index contributed by atoms with van der Waals surface area (Å²) in [6, 6.07) is 0. The molecule has 0 aromatic heterocycles. The third-order valence-electron chi connectivity index (χ3n) is 6.29. The average Bonchev–Trinajstić information content (AvgIpc) is 2.75. The molecule has 0 aliphatic heterocycles. The van der Waals surface area contributed by atoms with Crippen molar-refractivity contribution in [2.24, 2.45) is 35.5 Å². The Morgan fingerprint density at radius 2 is 1.34 bits per heavy atom. The summed E-state index contributed by atoms with van der Waals surface area (Å²) in [4.78, 5) is 44.0. The molecule has 0 amide bonds. The minimum atomic E-state index is -1.04. The first kappa shape index (κ1) is 27.4. The molecule has 0 saturated carbocycles. The Hall–Kier alpha value is -2.64. The van der Waals surface area contributed by atoms with Gasteiger partial charge in [0.2, 0.25) is 0 Å². The number of hydrogen-bond acceptors (Lipinski definition) is 4. The molecular formula is C24H36O8. The Balaban J connectivity index is 0.000000320. The number of carboxylic acid groups (broad SMARTS) is 4. The van der Waals surface area contributed by atoms with Gasteiger partial charge in [-0.3, -0.25) is 19.2 Å². The molecule has 0 saturated heterocycles. The van der Waals surface area contributed by atoms with Gasteiger partial charge in [0.15, 0.2) is 0 Å². The lowest BCUT2D eigenvalue weighted by Gasteiger charge is -2.29. The van der Waals surface area contributed by atoms with E-state index in [-0.39, 0.29) is 11.8 Å². The summed E-state index contributed by atoms with van der Waals surface area (Å²) in [5.74, 6) is -7.17. The zero-order valence-corrected chi connectivity index (χ0v) is 18.9. The minimum Gasteiger partial charge on any atom is -0.481 e. The summed E-state index contributed by atoms with van der Waals surface area (Å²) in [6.45, 7) is 4.13. The van der Waals surface area contributed by atoms with Gasteiger partial charge in [-0.2, -0.15) is 0 Å². The number of aliphatic carboxylic acids is 4. The quantitative estimate of drug-likeness (QED) is 0.358. The fourth-order valence-corrected chi connectivity index (χ4v) is 4.47. The second kappa shape index (κ2) is 13.7. The van der Waals surface area contributed by atoms with Crippen molar-refractivity contribution in [2.45, 2.75) is 65.2 Å². The Bertz CT molecular complexity index is 711. The van der Waals surface area contributed by atoms with Gasteiger partial charge in [0.1, 0.15) is 0 Å². The number of unbranched alkanes of at least 4 members (excludes halogenated alkanes) is 2. The van der Waals surface area contributed by atoms with Crippen molar-refractivity contribution in [1.82, 2.24) is 0 Å². The monoisotopic (exact) mass is 452 g/mol. The average molecular weight is 453 g/mol. The Morgan fingerprint density at radius 1 is 0.750 bits per heavy atom. The maximum atomic E-state index is 11.1. The molecule has 0 fully saturated rings. The molecule has 0 bridgehead atoms. The number of hydrogen-bond donors (Lipinski definition) is 4. The molecule has 2 aliphatic carbocycles. The van der Waals surface area contributed by atoms with Crippen LogP contribution in [-0.2, 0) is 19.2 Å². The van der Waals surface area contributed by atoms with Crippen LogP contribution in [-0.4, -0.2) is 44.3 Å². The zero-order chi connectivity index (χ0) is 24.3. The van der Waals surface area contributed by atoms with E-state index in [0.717, 1.165) is 38.5 Å². The van der Waals surface area contributed by atoms with E-state index in [1.165, 1.54) is 6.08 Å². The molecule has 8 nitrogen and oxygen atoms in total. The van der Waals surface area contributed by atoms with Gasteiger partial charge >= 0.3 is 23.9 Å². The second-order valence-corrected chi connectivity index (χ2v) is 8.63. The third kappa shape index (κ3) is 8.13. The van der Waals surface area contributed by atoms with Crippen molar-refractivity contribution in [3.8, 4) is 0 Å². The molecular weight excluding hydrogens is 416 g/mol. The summed E-state index contributed by atoms with van der Waals surface area (Å²) in [5.41, 5.74) is 0. The molecule has 180 valence electrons. The largest absolute Gasteiger partial charge is 0.481 e. The fraction of sp³-hybridized carbons (Fsp3) is 0.667. The summed E-state index contributed by atoms with van der Waals surface area (Å²) in [7, 11) is 0. The van der Waals surface area contributed by atoms with Crippen molar-refractivity contribution >= 4 is 23.9 Å². The van der Waals surface area contributed by atoms with Crippen LogP contribution in [0.2, 0.25) is 0 Å². The highest BCUT2D eigenvalue weighted by molar-refractivity contribution is 5.82. The van der Waals surface area contributed by atoms with Crippen LogP contribution in [0.4, 0.5) is 0 Å². The first-order valence-corrected chi connectivity index (χ1v) is 11.4. The van der Waals surface area contributed by atoms with Gasteiger partial charge in [0.25, 0.3) is 0 Å². The number of carboxylic acids is 4. The van der Waals surface area contributed by atoms with E-state index >= 15 is 0 Å². The molecule has 0 aromatic rings. The highest BCUT2D eigenvalue weighted by Crippen LogP contribution is 2.34. The van der Waals surface area contributed by atoms with Crippen LogP contribution >= 0.6 is 0 Å². The summed E-state index contributed by atoms with van der Waals surface area (Å²) in [6.07, 6.45) is 13.7. The maximum absolute atomic E-state index is 11.1. The molecule has 2 rings (SSSR count). The molecule has 2 aliphatic rings. The van der Waals surface area contributed by atoms with Gasteiger partial charge in [0, 0.05) is 0 Å². The smallest absolute Gasteiger partial charge is 0.311 e. The number of allylic oxidation sites excluding steroid dienone is 2. The van der Waals surface area contributed by atoms with Gasteiger partial charge in [-0.25, -0.2) is 0 Å². The maximum Gasteiger partial charge on any atom is 0.311 e. The van der Waals surface area contributed by atoms with E-state index < -0.39 is 47.5 Å². The van der Waals surface area contributed by atoms with E-state index in [1.54, 1.807) is 12.2 Å². The summed E-state index contributed by atoms with van der Waals surface area (Å²) in [5, 5.41) is 36.0. The van der Waals surface area contributed by atoms with Crippen molar-refractivity contribution in [3.05, 3.63) is 24.3 Å². The Labute approximate surface area is 189 Å². The highest BCUT2D eigenvalue weighted by atomic mass is 16.4. The molecule has 0 radical (unpaired) electrons. The molecule has 6 atom stereocenters. The fourth-order valence-electron chi connectivity index (χ4n) is 4.47. The predicted octanol–water partition coefficient (Wildman–Crippen LogP) is 4.31. The van der Waals surface area contributed by atoms with Gasteiger partial charge in [-0.1, -0.05) is 63.8 Å². The van der Waals surface area contributed by atoms with Crippen molar-refractivity contribution in [1.29, 1.82) is 0 Å². The van der Waals surface area contributed by atoms with Crippen molar-refractivity contribution in [3.63, 3.8) is 0 Å². The van der Waals surface area contributed by atoms with Crippen LogP contribution in [0.1, 0.15) is 65.2 Å². The molecule has 4 N–H and O–H groups in total. The van der Waals surface area contributed by atoms with Gasteiger partial charge in [0.05, 0.1) is 23.7 Å². The molecule has 0 heterocycles. The summed E-state index contributed by atoms with van der Waals surface area (Å²) >= 11 is 0. The second-order valence-electron chi connectivity index (χ2n) is 8.63. The van der Waals surface area contributed by atoms with E-state index in [4.69, 9.17) is 20.4 Å². The van der Waals surface area contributed by atoms with Crippen LogP contribution < -0.4 is 0 Å². The van der Waals surface area contributed by atoms with Crippen molar-refractivity contribution < 1.29 is 39.6 Å². The highest BCUT2D eigenvalue weighted by Gasteiger charge is 2.39. The van der Waals surface area contributed by atoms with Gasteiger partial charge in [-0.05, 0) is 37.5 Å². The molecule has 6 unspecified atom stereocenters. The molecule has 32 heavy (non-hydrogen) atoms. The standard InChI is InChI=1S/2C12H18O4/c1-2-3-5-8-6-4-7-9(11(13)14)10(8)12(15)16;1-2-3-4-8-5-6-9(11(13)14)10(7-8)12(15)16/h4,7-10H,2-3,5-6H2,1H3,(H,13,14)(H,15,16);5-6,8-10H,2-4,7H2,1H3,(H,13,14)(H,15,16). The van der Waals surface area contributed by atoms with E-state index in [2.05, 4.69) is 6.92 Å².